The summed E-state index contributed by atoms with van der Waals surface area (Å²) in [6.45, 7) is 3.79. The maximum absolute atomic E-state index is 13.0. The van der Waals surface area contributed by atoms with E-state index in [4.69, 9.17) is 32.9 Å². The van der Waals surface area contributed by atoms with Crippen LogP contribution < -0.4 is 10.3 Å². The van der Waals surface area contributed by atoms with Crippen molar-refractivity contribution in [3.63, 3.8) is 0 Å². The van der Waals surface area contributed by atoms with Crippen molar-refractivity contribution >= 4 is 44.8 Å². The molecule has 0 saturated carbocycles. The highest BCUT2D eigenvalue weighted by atomic mass is 35.5. The number of halogens is 2. The maximum Gasteiger partial charge on any atom is 0.260 e. The molecule has 1 unspecified atom stereocenters. The normalized spacial score (nSPS) is 12.4. The molecule has 4 aromatic rings. The number of fused-ring (bicyclic) bond motifs is 1. The third kappa shape index (κ3) is 6.17. The van der Waals surface area contributed by atoms with Gasteiger partial charge in [-0.1, -0.05) is 42.3 Å². The lowest BCUT2D eigenvalue weighted by Gasteiger charge is -2.24. The van der Waals surface area contributed by atoms with Crippen molar-refractivity contribution in [2.24, 2.45) is 0 Å². The minimum Gasteiger partial charge on any atom is -0.491 e. The number of H-pyrrole nitrogens is 1. The van der Waals surface area contributed by atoms with Crippen LogP contribution in [-0.4, -0.2) is 45.8 Å². The number of hydrogen-bond acceptors (Lipinski definition) is 6. The molecule has 2 heterocycles. The van der Waals surface area contributed by atoms with Gasteiger partial charge in [-0.3, -0.25) is 9.69 Å². The van der Waals surface area contributed by atoms with E-state index in [1.807, 2.05) is 17.5 Å². The first kappa shape index (κ1) is 24.7. The molecule has 1 atom stereocenters. The largest absolute Gasteiger partial charge is 0.491 e. The van der Waals surface area contributed by atoms with Crippen LogP contribution in [0, 0.1) is 0 Å². The Bertz CT molecular complexity index is 1290. The van der Waals surface area contributed by atoms with Crippen LogP contribution >= 0.6 is 34.5 Å². The number of aliphatic hydroxyl groups excluding tert-OH is 1. The van der Waals surface area contributed by atoms with Gasteiger partial charge in [0.2, 0.25) is 0 Å². The van der Waals surface area contributed by atoms with Crippen molar-refractivity contribution in [3.8, 4) is 16.9 Å². The van der Waals surface area contributed by atoms with Gasteiger partial charge in [0, 0.05) is 27.5 Å². The molecule has 0 saturated heterocycles. The van der Waals surface area contributed by atoms with Crippen molar-refractivity contribution in [3.05, 3.63) is 80.1 Å². The fraction of sp³-hybridized carbons (Fsp3) is 0.280. The Kier molecular flexibility index (Phi) is 8.24. The summed E-state index contributed by atoms with van der Waals surface area (Å²) in [6.07, 6.45) is 0.202. The van der Waals surface area contributed by atoms with Crippen molar-refractivity contribution in [2.45, 2.75) is 26.0 Å². The van der Waals surface area contributed by atoms with E-state index in [-0.39, 0.29) is 12.2 Å². The van der Waals surface area contributed by atoms with E-state index in [0.717, 1.165) is 24.1 Å². The highest BCUT2D eigenvalue weighted by Gasteiger charge is 2.17. The molecule has 34 heavy (non-hydrogen) atoms. The van der Waals surface area contributed by atoms with Crippen molar-refractivity contribution < 1.29 is 9.84 Å². The van der Waals surface area contributed by atoms with E-state index in [1.54, 1.807) is 36.4 Å². The lowest BCUT2D eigenvalue weighted by Crippen LogP contribution is -2.36. The molecule has 0 amide bonds. The van der Waals surface area contributed by atoms with E-state index < -0.39 is 6.10 Å². The van der Waals surface area contributed by atoms with Gasteiger partial charge in [0.05, 0.1) is 11.9 Å². The van der Waals surface area contributed by atoms with Crippen LogP contribution in [0.2, 0.25) is 10.0 Å². The van der Waals surface area contributed by atoms with Crippen LogP contribution in [0.15, 0.2) is 58.7 Å². The molecule has 0 bridgehead atoms. The van der Waals surface area contributed by atoms with Crippen molar-refractivity contribution in [1.29, 1.82) is 0 Å². The topological polar surface area (TPSA) is 78.5 Å². The van der Waals surface area contributed by atoms with Crippen LogP contribution in [-0.2, 0) is 6.54 Å². The lowest BCUT2D eigenvalue weighted by molar-refractivity contribution is 0.0647. The SMILES string of the molecule is CCCN(Cc1nc2scc(-c3ccc(Cl)cc3)c2c(=O)[nH]1)CC(O)COc1ccc(Cl)cc1. The van der Waals surface area contributed by atoms with Gasteiger partial charge < -0.3 is 14.8 Å². The standard InChI is InChI=1S/C25H25Cl2N3O3S/c1-2-11-30(12-19(31)14-33-20-9-7-18(27)8-10-20)13-22-28-24(32)23-21(15-34-25(23)29-22)16-3-5-17(26)6-4-16/h3-10,15,19,31H,2,11-14H2,1H3,(H,28,29,32). The number of aromatic nitrogens is 2. The zero-order chi connectivity index (χ0) is 24.1. The van der Waals surface area contributed by atoms with Crippen LogP contribution in [0.5, 0.6) is 5.75 Å². The quantitative estimate of drug-likeness (QED) is 0.285. The summed E-state index contributed by atoms with van der Waals surface area (Å²) in [5.74, 6) is 1.22. The van der Waals surface area contributed by atoms with Gasteiger partial charge in [0.25, 0.3) is 5.56 Å². The first-order valence-corrected chi connectivity index (χ1v) is 12.6. The van der Waals surface area contributed by atoms with Crippen LogP contribution in [0.25, 0.3) is 21.3 Å². The summed E-state index contributed by atoms with van der Waals surface area (Å²) in [5, 5.41) is 14.3. The number of hydrogen-bond donors (Lipinski definition) is 2. The van der Waals surface area contributed by atoms with E-state index >= 15 is 0 Å². The highest BCUT2D eigenvalue weighted by Crippen LogP contribution is 2.31. The van der Waals surface area contributed by atoms with Gasteiger partial charge in [0.1, 0.15) is 29.1 Å². The molecule has 2 N–H and O–H groups in total. The number of nitrogens with zero attached hydrogens (tertiary/aromatic N) is 2. The van der Waals surface area contributed by atoms with Crippen molar-refractivity contribution in [1.82, 2.24) is 14.9 Å². The van der Waals surface area contributed by atoms with Crippen LogP contribution in [0.4, 0.5) is 0 Å². The second-order valence-electron chi connectivity index (χ2n) is 8.00. The molecule has 4 rings (SSSR count). The predicted molar refractivity (Wildman–Crippen MR) is 139 cm³/mol. The maximum atomic E-state index is 13.0. The first-order chi connectivity index (χ1) is 16.4. The summed E-state index contributed by atoms with van der Waals surface area (Å²) in [4.78, 5) is 23.3. The molecule has 0 radical (unpaired) electrons. The fourth-order valence-corrected chi connectivity index (χ4v) is 4.97. The molecular weight excluding hydrogens is 493 g/mol. The summed E-state index contributed by atoms with van der Waals surface area (Å²) >= 11 is 13.3. The van der Waals surface area contributed by atoms with Gasteiger partial charge in [0.15, 0.2) is 0 Å². The number of aliphatic hydroxyl groups is 1. The smallest absolute Gasteiger partial charge is 0.260 e. The Morgan fingerprint density at radius 2 is 1.79 bits per heavy atom. The van der Waals surface area contributed by atoms with E-state index in [0.29, 0.717) is 44.9 Å². The summed E-state index contributed by atoms with van der Waals surface area (Å²) in [6, 6.07) is 14.4. The average molecular weight is 518 g/mol. The summed E-state index contributed by atoms with van der Waals surface area (Å²) in [7, 11) is 0. The monoisotopic (exact) mass is 517 g/mol. The Labute approximate surface area is 211 Å². The first-order valence-electron chi connectivity index (χ1n) is 11.0. The molecule has 9 heteroatoms. The van der Waals surface area contributed by atoms with Gasteiger partial charge in [-0.15, -0.1) is 11.3 Å². The minimum absolute atomic E-state index is 0.153. The zero-order valence-corrected chi connectivity index (χ0v) is 21.0. The second-order valence-corrected chi connectivity index (χ2v) is 9.73. The number of nitrogens with one attached hydrogen (secondary N) is 1. The molecule has 0 aliphatic carbocycles. The van der Waals surface area contributed by atoms with Gasteiger partial charge >= 0.3 is 0 Å². The van der Waals surface area contributed by atoms with Gasteiger partial charge in [-0.2, -0.15) is 0 Å². The number of aromatic amines is 1. The van der Waals surface area contributed by atoms with Crippen LogP contribution in [0.3, 0.4) is 0 Å². The number of thiophene rings is 1. The second kappa shape index (κ2) is 11.3. The Morgan fingerprint density at radius 1 is 1.12 bits per heavy atom. The predicted octanol–water partition coefficient (Wildman–Crippen LogP) is 5.61. The molecule has 0 aliphatic heterocycles. The summed E-state index contributed by atoms with van der Waals surface area (Å²) < 4.78 is 5.67. The number of benzene rings is 2. The van der Waals surface area contributed by atoms with Crippen LogP contribution in [0.1, 0.15) is 19.2 Å². The van der Waals surface area contributed by atoms with E-state index in [1.165, 1.54) is 11.3 Å². The average Bonchev–Trinajstić information content (AvgIpc) is 3.24. The van der Waals surface area contributed by atoms with Gasteiger partial charge in [-0.05, 0) is 54.9 Å². The Hall–Kier alpha value is -2.42. The van der Waals surface area contributed by atoms with Crippen molar-refractivity contribution in [2.75, 3.05) is 19.7 Å². The van der Waals surface area contributed by atoms with E-state index in [2.05, 4.69) is 16.8 Å². The molecule has 2 aromatic heterocycles. The third-order valence-electron chi connectivity index (χ3n) is 5.29. The summed E-state index contributed by atoms with van der Waals surface area (Å²) in [5.41, 5.74) is 1.60. The molecule has 6 nitrogen and oxygen atoms in total. The molecule has 2 aromatic carbocycles. The molecule has 0 spiro atoms. The third-order valence-corrected chi connectivity index (χ3v) is 6.66. The Balaban J connectivity index is 1.46. The van der Waals surface area contributed by atoms with E-state index in [9.17, 15) is 9.90 Å². The number of ether oxygens (including phenoxy) is 1. The van der Waals surface area contributed by atoms with Gasteiger partial charge in [-0.25, -0.2) is 4.98 Å². The molecule has 0 fully saturated rings. The number of rotatable bonds is 10. The Morgan fingerprint density at radius 3 is 2.47 bits per heavy atom. The lowest BCUT2D eigenvalue weighted by atomic mass is 10.1. The highest BCUT2D eigenvalue weighted by molar-refractivity contribution is 7.17. The fourth-order valence-electron chi connectivity index (χ4n) is 3.75. The molecular formula is C25H25Cl2N3O3S. The molecule has 178 valence electrons. The molecule has 0 aliphatic rings. The zero-order valence-electron chi connectivity index (χ0n) is 18.6. The minimum atomic E-state index is -0.698.